The van der Waals surface area contributed by atoms with Crippen LogP contribution >= 0.6 is 0 Å². The van der Waals surface area contributed by atoms with E-state index in [4.69, 9.17) is 0 Å². The van der Waals surface area contributed by atoms with Crippen molar-refractivity contribution in [3.05, 3.63) is 29.3 Å². The highest BCUT2D eigenvalue weighted by atomic mass is 14.9. The van der Waals surface area contributed by atoms with Crippen molar-refractivity contribution in [2.24, 2.45) is 4.99 Å². The molecule has 0 aromatic heterocycles. The molecule has 0 atom stereocenters. The summed E-state index contributed by atoms with van der Waals surface area (Å²) in [5, 5.41) is 3.42. The third kappa shape index (κ3) is 1.90. The molecule has 2 heterocycles. The topological polar surface area (TPSA) is 24.4 Å². The number of hydrogen-bond donors (Lipinski definition) is 1. The number of fused-ring (bicyclic) bond motifs is 1. The van der Waals surface area contributed by atoms with E-state index in [1.807, 2.05) is 6.21 Å². The minimum atomic E-state index is 0.762. The molecule has 2 aliphatic heterocycles. The molecule has 84 valence electrons. The number of rotatable bonds is 1. The number of aliphatic imine (C=N–C) groups is 1. The van der Waals surface area contributed by atoms with Gasteiger partial charge in [-0.3, -0.25) is 4.99 Å². The van der Waals surface area contributed by atoms with Crippen LogP contribution in [0.4, 0.5) is 5.69 Å². The molecule has 0 aliphatic carbocycles. The van der Waals surface area contributed by atoms with Gasteiger partial charge in [0.15, 0.2) is 0 Å². The molecule has 2 nitrogen and oxygen atoms in total. The van der Waals surface area contributed by atoms with Crippen molar-refractivity contribution in [3.8, 4) is 0 Å². The van der Waals surface area contributed by atoms with E-state index >= 15 is 0 Å². The number of benzene rings is 1. The first-order valence-corrected chi connectivity index (χ1v) is 6.29. The average molecular weight is 214 g/mol. The lowest BCUT2D eigenvalue weighted by molar-refractivity contribution is 0.460. The fourth-order valence-electron chi connectivity index (χ4n) is 2.72. The maximum absolute atomic E-state index is 4.44. The van der Waals surface area contributed by atoms with Crippen LogP contribution < -0.4 is 5.32 Å². The number of nitrogens with one attached hydrogen (secondary N) is 1. The summed E-state index contributed by atoms with van der Waals surface area (Å²) >= 11 is 0. The Morgan fingerprint density at radius 2 is 2.06 bits per heavy atom. The van der Waals surface area contributed by atoms with E-state index < -0.39 is 0 Å². The van der Waals surface area contributed by atoms with Crippen molar-refractivity contribution in [3.63, 3.8) is 0 Å². The molecule has 1 fully saturated rings. The van der Waals surface area contributed by atoms with Crippen molar-refractivity contribution in [1.29, 1.82) is 0 Å². The predicted octanol–water partition coefficient (Wildman–Crippen LogP) is 2.80. The molecule has 0 unspecified atom stereocenters. The van der Waals surface area contributed by atoms with E-state index in [0.29, 0.717) is 0 Å². The Balaban J connectivity index is 1.87. The number of nitrogens with zero attached hydrogens (tertiary/aromatic N) is 1. The highest BCUT2D eigenvalue weighted by Crippen LogP contribution is 2.31. The highest BCUT2D eigenvalue weighted by molar-refractivity contribution is 5.69. The Hall–Kier alpha value is -1.15. The average Bonchev–Trinajstić information content (AvgIpc) is 2.39. The molecule has 0 radical (unpaired) electrons. The van der Waals surface area contributed by atoms with E-state index in [0.717, 1.165) is 18.8 Å². The lowest BCUT2D eigenvalue weighted by Crippen LogP contribution is -2.26. The minimum absolute atomic E-state index is 0.762. The van der Waals surface area contributed by atoms with E-state index in [9.17, 15) is 0 Å². The van der Waals surface area contributed by atoms with Gasteiger partial charge in [0.2, 0.25) is 0 Å². The van der Waals surface area contributed by atoms with Crippen LogP contribution in [0.1, 0.15) is 36.3 Å². The largest absolute Gasteiger partial charge is 0.317 e. The second-order valence-electron chi connectivity index (χ2n) is 4.76. The maximum Gasteiger partial charge on any atom is 0.0657 e. The van der Waals surface area contributed by atoms with Gasteiger partial charge in [0, 0.05) is 6.21 Å². The molecule has 1 aromatic carbocycles. The Bertz CT molecular complexity index is 403. The summed E-state index contributed by atoms with van der Waals surface area (Å²) < 4.78 is 0. The first-order valence-electron chi connectivity index (χ1n) is 6.29. The van der Waals surface area contributed by atoms with E-state index in [2.05, 4.69) is 28.5 Å². The zero-order chi connectivity index (χ0) is 10.8. The third-order valence-corrected chi connectivity index (χ3v) is 3.69. The normalized spacial score (nSPS) is 20.8. The fourth-order valence-corrected chi connectivity index (χ4v) is 2.72. The van der Waals surface area contributed by atoms with Gasteiger partial charge in [-0.25, -0.2) is 0 Å². The summed E-state index contributed by atoms with van der Waals surface area (Å²) in [6.07, 6.45) is 6.86. The first kappa shape index (κ1) is 10.0. The number of aryl methyl sites for hydroxylation is 1. The van der Waals surface area contributed by atoms with Crippen LogP contribution in [0.3, 0.4) is 0 Å². The molecule has 0 bridgehead atoms. The van der Waals surface area contributed by atoms with Crippen LogP contribution in [0.25, 0.3) is 0 Å². The molecule has 1 aromatic rings. The molecule has 2 aliphatic rings. The van der Waals surface area contributed by atoms with Gasteiger partial charge in [-0.2, -0.15) is 0 Å². The molecular formula is C14H18N2. The molecule has 0 spiro atoms. The van der Waals surface area contributed by atoms with Gasteiger partial charge in [0.25, 0.3) is 0 Å². The minimum Gasteiger partial charge on any atom is -0.317 e. The predicted molar refractivity (Wildman–Crippen MR) is 67.8 cm³/mol. The van der Waals surface area contributed by atoms with Crippen molar-refractivity contribution in [2.75, 3.05) is 13.1 Å². The summed E-state index contributed by atoms with van der Waals surface area (Å²) in [6, 6.07) is 6.86. The lowest BCUT2D eigenvalue weighted by Gasteiger charge is -2.24. The van der Waals surface area contributed by atoms with Gasteiger partial charge < -0.3 is 5.32 Å². The van der Waals surface area contributed by atoms with Crippen LogP contribution in [0.2, 0.25) is 0 Å². The van der Waals surface area contributed by atoms with Crippen LogP contribution in [0, 0.1) is 0 Å². The fraction of sp³-hybridized carbons (Fsp3) is 0.500. The van der Waals surface area contributed by atoms with Crippen molar-refractivity contribution >= 4 is 11.9 Å². The summed E-state index contributed by atoms with van der Waals surface area (Å²) in [7, 11) is 0. The second-order valence-corrected chi connectivity index (χ2v) is 4.76. The zero-order valence-electron chi connectivity index (χ0n) is 9.58. The lowest BCUT2D eigenvalue weighted by atomic mass is 9.88. The highest BCUT2D eigenvalue weighted by Gasteiger charge is 2.16. The van der Waals surface area contributed by atoms with Gasteiger partial charge in [-0.1, -0.05) is 12.1 Å². The number of piperidine rings is 1. The Morgan fingerprint density at radius 1 is 1.19 bits per heavy atom. The standard InChI is InChI=1S/C14H18N2/c1-2-13-10-12(3-4-14(13)16-7-1)11-5-8-15-9-6-11/h3-4,7,10-11,15H,1-2,5-6,8-9H2. The van der Waals surface area contributed by atoms with Crippen LogP contribution in [-0.4, -0.2) is 19.3 Å². The summed E-state index contributed by atoms with van der Waals surface area (Å²) in [4.78, 5) is 4.44. The van der Waals surface area contributed by atoms with Gasteiger partial charge >= 0.3 is 0 Å². The van der Waals surface area contributed by atoms with Gasteiger partial charge in [0.05, 0.1) is 5.69 Å². The smallest absolute Gasteiger partial charge is 0.0657 e. The summed E-state index contributed by atoms with van der Waals surface area (Å²) in [6.45, 7) is 2.33. The van der Waals surface area contributed by atoms with Crippen molar-refractivity contribution in [2.45, 2.75) is 31.6 Å². The van der Waals surface area contributed by atoms with E-state index in [1.54, 1.807) is 0 Å². The number of hydrogen-bond acceptors (Lipinski definition) is 2. The Labute approximate surface area is 96.8 Å². The molecule has 0 amide bonds. The van der Waals surface area contributed by atoms with Crippen LogP contribution in [0.5, 0.6) is 0 Å². The molecule has 1 saturated heterocycles. The van der Waals surface area contributed by atoms with Crippen molar-refractivity contribution in [1.82, 2.24) is 5.32 Å². The second kappa shape index (κ2) is 4.38. The van der Waals surface area contributed by atoms with Crippen molar-refractivity contribution < 1.29 is 0 Å². The molecule has 1 N–H and O–H groups in total. The van der Waals surface area contributed by atoms with Gasteiger partial charge in [0.1, 0.15) is 0 Å². The molecule has 0 saturated carbocycles. The summed E-state index contributed by atoms with van der Waals surface area (Å²) in [5.41, 5.74) is 4.15. The SMILES string of the molecule is C1=Nc2ccc(C3CCNCC3)cc2CC1. The first-order chi connectivity index (χ1) is 7.93. The maximum atomic E-state index is 4.44. The molecule has 16 heavy (non-hydrogen) atoms. The van der Waals surface area contributed by atoms with E-state index in [1.165, 1.54) is 42.7 Å². The Morgan fingerprint density at radius 3 is 2.94 bits per heavy atom. The van der Waals surface area contributed by atoms with E-state index in [-0.39, 0.29) is 0 Å². The zero-order valence-corrected chi connectivity index (χ0v) is 9.58. The van der Waals surface area contributed by atoms with Crippen LogP contribution in [-0.2, 0) is 6.42 Å². The molecule has 2 heteroatoms. The molecule has 3 rings (SSSR count). The van der Waals surface area contributed by atoms with Gasteiger partial charge in [-0.15, -0.1) is 0 Å². The molecular weight excluding hydrogens is 196 g/mol. The quantitative estimate of drug-likeness (QED) is 0.763. The summed E-state index contributed by atoms with van der Waals surface area (Å²) in [5.74, 6) is 0.762. The Kier molecular flexibility index (Phi) is 2.75. The van der Waals surface area contributed by atoms with Crippen LogP contribution in [0.15, 0.2) is 23.2 Å². The van der Waals surface area contributed by atoms with Gasteiger partial charge in [-0.05, 0) is 61.9 Å². The monoisotopic (exact) mass is 214 g/mol. The third-order valence-electron chi connectivity index (χ3n) is 3.69.